The van der Waals surface area contributed by atoms with E-state index in [1.165, 1.54) is 6.20 Å². The highest BCUT2D eigenvalue weighted by Gasteiger charge is 2.38. The molecule has 1 aliphatic rings. The van der Waals surface area contributed by atoms with Crippen molar-refractivity contribution in [3.05, 3.63) is 89.6 Å². The van der Waals surface area contributed by atoms with Crippen molar-refractivity contribution >= 4 is 64.1 Å². The number of aromatic nitrogens is 2. The molecule has 0 atom stereocenters. The Balaban J connectivity index is 0.000000493. The van der Waals surface area contributed by atoms with Crippen LogP contribution in [-0.4, -0.2) is 45.5 Å². The molecule has 212 valence electrons. The molecule has 14 heteroatoms. The molecule has 6 bridgehead atoms. The van der Waals surface area contributed by atoms with E-state index in [1.807, 2.05) is 60.7 Å². The minimum Gasteiger partial charge on any atom is -0.493 e. The van der Waals surface area contributed by atoms with E-state index in [1.54, 1.807) is 23.9 Å². The summed E-state index contributed by atoms with van der Waals surface area (Å²) in [6, 6.07) is 22.6. The first-order chi connectivity index (χ1) is 19.6. The quantitative estimate of drug-likeness (QED) is 0.192. The normalized spacial score (nSPS) is 12.5. The fourth-order valence-corrected chi connectivity index (χ4v) is 4.30. The number of amides is 1. The molecule has 0 saturated heterocycles. The maximum Gasteiger partial charge on any atom is 0.490 e. The number of fused-ring (bicyclic) bond motifs is 6. The van der Waals surface area contributed by atoms with E-state index in [-0.39, 0.29) is 5.91 Å². The van der Waals surface area contributed by atoms with Crippen LogP contribution in [0.15, 0.2) is 83.9 Å². The molecule has 0 spiro atoms. The molecule has 0 unspecified atom stereocenters. The van der Waals surface area contributed by atoms with Gasteiger partial charge >= 0.3 is 12.1 Å². The summed E-state index contributed by atoms with van der Waals surface area (Å²) in [6.45, 7) is 0.474. The summed E-state index contributed by atoms with van der Waals surface area (Å²) in [7, 11) is 0. The van der Waals surface area contributed by atoms with Gasteiger partial charge in [0.2, 0.25) is 5.95 Å². The van der Waals surface area contributed by atoms with Gasteiger partial charge < -0.3 is 25.8 Å². The highest BCUT2D eigenvalue weighted by molar-refractivity contribution is 7.99. The molecule has 1 amide bonds. The van der Waals surface area contributed by atoms with E-state index in [0.717, 1.165) is 16.3 Å². The van der Waals surface area contributed by atoms with Gasteiger partial charge in [-0.2, -0.15) is 18.2 Å². The zero-order valence-electron chi connectivity index (χ0n) is 20.9. The van der Waals surface area contributed by atoms with Crippen LogP contribution in [0.2, 0.25) is 5.02 Å². The Hall–Kier alpha value is -4.49. The van der Waals surface area contributed by atoms with Gasteiger partial charge in [-0.3, -0.25) is 4.79 Å². The lowest BCUT2D eigenvalue weighted by Crippen LogP contribution is -2.21. The number of carboxylic acid groups (broad SMARTS) is 1. The smallest absolute Gasteiger partial charge is 0.490 e. The molecule has 9 nitrogen and oxygen atoms in total. The largest absolute Gasteiger partial charge is 0.493 e. The number of carbonyl (C=O) groups excluding carboxylic acids is 1. The van der Waals surface area contributed by atoms with E-state index >= 15 is 0 Å². The van der Waals surface area contributed by atoms with Crippen LogP contribution >= 0.6 is 23.4 Å². The molecule has 0 aliphatic carbocycles. The molecule has 3 aromatic carbocycles. The lowest BCUT2D eigenvalue weighted by Gasteiger charge is -2.13. The second-order valence-electron chi connectivity index (χ2n) is 8.23. The Bertz CT molecular complexity index is 1540. The maximum absolute atomic E-state index is 12.9. The number of benzene rings is 3. The number of aliphatic carboxylic acids is 1. The summed E-state index contributed by atoms with van der Waals surface area (Å²) in [5.41, 5.74) is 2.64. The van der Waals surface area contributed by atoms with E-state index in [4.69, 9.17) is 26.2 Å². The summed E-state index contributed by atoms with van der Waals surface area (Å²) in [5.74, 6) is -0.889. The first-order valence-electron chi connectivity index (χ1n) is 11.8. The van der Waals surface area contributed by atoms with Gasteiger partial charge in [-0.05, 0) is 42.5 Å². The number of thioether (sulfide) groups is 1. The Morgan fingerprint density at radius 1 is 1.00 bits per heavy atom. The van der Waals surface area contributed by atoms with Crippen LogP contribution in [0.3, 0.4) is 0 Å². The third-order valence-corrected chi connectivity index (χ3v) is 6.40. The number of nitrogens with one attached hydrogen (secondary N) is 3. The molecule has 4 N–H and O–H groups in total. The number of rotatable bonds is 2. The molecule has 5 rings (SSSR count). The van der Waals surface area contributed by atoms with Gasteiger partial charge in [0.25, 0.3) is 5.91 Å². The van der Waals surface area contributed by atoms with Crippen molar-refractivity contribution in [3.63, 3.8) is 0 Å². The zero-order valence-corrected chi connectivity index (χ0v) is 22.5. The molecule has 41 heavy (non-hydrogen) atoms. The Morgan fingerprint density at radius 2 is 1.76 bits per heavy atom. The van der Waals surface area contributed by atoms with Gasteiger partial charge in [0.05, 0.1) is 12.8 Å². The molecule has 0 fully saturated rings. The van der Waals surface area contributed by atoms with Crippen molar-refractivity contribution in [2.75, 3.05) is 28.3 Å². The van der Waals surface area contributed by atoms with Crippen molar-refractivity contribution in [3.8, 4) is 5.75 Å². The second kappa shape index (κ2) is 13.2. The molecule has 0 saturated carbocycles. The van der Waals surface area contributed by atoms with Crippen molar-refractivity contribution in [1.82, 2.24) is 9.97 Å². The molecule has 1 aromatic heterocycles. The van der Waals surface area contributed by atoms with E-state index < -0.39 is 12.1 Å². The van der Waals surface area contributed by atoms with Crippen LogP contribution in [0.5, 0.6) is 5.75 Å². The topological polar surface area (TPSA) is 125 Å². The van der Waals surface area contributed by atoms with Crippen LogP contribution in [0.4, 0.5) is 42.0 Å². The average Bonchev–Trinajstić information content (AvgIpc) is 2.93. The van der Waals surface area contributed by atoms with E-state index in [2.05, 4.69) is 25.9 Å². The second-order valence-corrected chi connectivity index (χ2v) is 9.81. The number of hydrogen-bond donors (Lipinski definition) is 4. The first-order valence-corrected chi connectivity index (χ1v) is 13.2. The number of ether oxygens (including phenoxy) is 1. The van der Waals surface area contributed by atoms with Crippen molar-refractivity contribution < 1.29 is 32.6 Å². The first kappa shape index (κ1) is 29.5. The Kier molecular flexibility index (Phi) is 9.53. The summed E-state index contributed by atoms with van der Waals surface area (Å²) >= 11 is 8.01. The Morgan fingerprint density at radius 3 is 2.49 bits per heavy atom. The maximum atomic E-state index is 12.9. The van der Waals surface area contributed by atoms with Gasteiger partial charge in [-0.15, -0.1) is 11.8 Å². The van der Waals surface area contributed by atoms with Crippen LogP contribution in [0, 0.1) is 0 Å². The minimum atomic E-state index is -5.08. The van der Waals surface area contributed by atoms with Gasteiger partial charge in [-0.1, -0.05) is 35.9 Å². The summed E-state index contributed by atoms with van der Waals surface area (Å²) in [6.07, 6.45) is -3.56. The van der Waals surface area contributed by atoms with Crippen molar-refractivity contribution in [2.45, 2.75) is 11.1 Å². The van der Waals surface area contributed by atoms with Crippen LogP contribution < -0.4 is 20.7 Å². The number of carboxylic acids is 1. The number of para-hydroxylation sites is 1. The van der Waals surface area contributed by atoms with Crippen LogP contribution in [0.25, 0.3) is 0 Å². The summed E-state index contributed by atoms with van der Waals surface area (Å²) < 4.78 is 37.7. The third-order valence-electron chi connectivity index (χ3n) is 5.16. The summed E-state index contributed by atoms with van der Waals surface area (Å²) in [5, 5.41) is 16.8. The predicted molar refractivity (Wildman–Crippen MR) is 151 cm³/mol. The number of anilines is 5. The predicted octanol–water partition coefficient (Wildman–Crippen LogP) is 6.99. The molecule has 2 heterocycles. The minimum absolute atomic E-state index is 0.248. The third kappa shape index (κ3) is 8.75. The number of hydrogen-bond acceptors (Lipinski definition) is 8. The molecule has 1 aliphatic heterocycles. The zero-order chi connectivity index (χ0) is 29.4. The average molecular weight is 604 g/mol. The highest BCUT2D eigenvalue weighted by Crippen LogP contribution is 2.30. The molecular formula is C27H21ClF3N5O4S. The lowest BCUT2D eigenvalue weighted by atomic mass is 10.1. The number of nitrogens with zero attached hydrogens (tertiary/aromatic N) is 2. The Labute approximate surface area is 241 Å². The van der Waals surface area contributed by atoms with Gasteiger partial charge in [0.15, 0.2) is 5.82 Å². The summed E-state index contributed by atoms with van der Waals surface area (Å²) in [4.78, 5) is 31.7. The van der Waals surface area contributed by atoms with Crippen LogP contribution in [-0.2, 0) is 4.79 Å². The molecule has 0 radical (unpaired) electrons. The standard InChI is InChI=1S/C25H20ClN5O2S.C2HF3O2/c26-22-15-27-25-30-19-11-16(24(32)29-17-5-2-1-3-6-17)12-20(13-19)33-9-10-34-21-8-4-7-18(14-21)28-23(22)31-25;3-2(4,5)1(6)7/h1-8,11-15H,9-10H2,(H,29,32)(H2,27,28,30,31);(H,6,7). The van der Waals surface area contributed by atoms with E-state index in [0.29, 0.717) is 46.1 Å². The molecular weight excluding hydrogens is 583 g/mol. The van der Waals surface area contributed by atoms with E-state index in [9.17, 15) is 18.0 Å². The SMILES string of the molecule is O=C(Nc1ccccc1)c1cc2cc(c1)OCCSc1cccc(c1)Nc1nc(ncc1Cl)N2.O=C(O)C(F)(F)F. The highest BCUT2D eigenvalue weighted by atomic mass is 35.5. The fraction of sp³-hybridized carbons (Fsp3) is 0.111. The van der Waals surface area contributed by atoms with Crippen molar-refractivity contribution in [2.24, 2.45) is 0 Å². The molecule has 4 aromatic rings. The van der Waals surface area contributed by atoms with Crippen LogP contribution in [0.1, 0.15) is 10.4 Å². The number of carbonyl (C=O) groups is 2. The monoisotopic (exact) mass is 603 g/mol. The fourth-order valence-electron chi connectivity index (χ4n) is 3.37. The van der Waals surface area contributed by atoms with Gasteiger partial charge in [-0.25, -0.2) is 9.78 Å². The number of halogens is 4. The van der Waals surface area contributed by atoms with Crippen molar-refractivity contribution in [1.29, 1.82) is 0 Å². The lowest BCUT2D eigenvalue weighted by molar-refractivity contribution is -0.192. The van der Waals surface area contributed by atoms with Gasteiger partial charge in [0.1, 0.15) is 10.8 Å². The number of alkyl halides is 3. The van der Waals surface area contributed by atoms with Gasteiger partial charge in [0, 0.05) is 39.3 Å².